The number of aryl methyl sites for hydroxylation is 2. The highest BCUT2D eigenvalue weighted by Gasteiger charge is 2.52. The molecule has 4 atom stereocenters. The van der Waals surface area contributed by atoms with Crippen molar-refractivity contribution in [1.82, 2.24) is 5.06 Å². The van der Waals surface area contributed by atoms with Crippen LogP contribution in [-0.2, 0) is 47.7 Å². The second-order valence-electron chi connectivity index (χ2n) is 17.0. The van der Waals surface area contributed by atoms with Crippen molar-refractivity contribution in [1.29, 1.82) is 0 Å². The van der Waals surface area contributed by atoms with Gasteiger partial charge in [-0.05, 0) is 72.9 Å². The summed E-state index contributed by atoms with van der Waals surface area (Å²) in [7, 11) is 4.42. The Morgan fingerprint density at radius 3 is 1.38 bits per heavy atom. The van der Waals surface area contributed by atoms with E-state index in [4.69, 9.17) is 9.94 Å². The van der Waals surface area contributed by atoms with Crippen LogP contribution in [0.15, 0.2) is 109 Å². The lowest BCUT2D eigenvalue weighted by molar-refractivity contribution is -0.526. The number of carboxylic acids is 1. The molecule has 3 aliphatic heterocycles. The van der Waals surface area contributed by atoms with Gasteiger partial charge in [0.1, 0.15) is 24.9 Å². The molecule has 1 saturated heterocycles. The fourth-order valence-corrected chi connectivity index (χ4v) is 10.1. The van der Waals surface area contributed by atoms with Gasteiger partial charge in [-0.15, -0.1) is 5.06 Å². The van der Waals surface area contributed by atoms with Crippen molar-refractivity contribution in [2.45, 2.75) is 128 Å². The Bertz CT molecular complexity index is 2230. The predicted octanol–water partition coefficient (Wildman–Crippen LogP) is 8.85. The maximum atomic E-state index is 12.1. The Hall–Kier alpha value is -5.70. The first-order valence-corrected chi connectivity index (χ1v) is 22.1. The zero-order chi connectivity index (χ0) is 43.7. The van der Waals surface area contributed by atoms with Crippen molar-refractivity contribution in [3.8, 4) is 0 Å². The van der Waals surface area contributed by atoms with Crippen LogP contribution >= 0.6 is 0 Å². The Labute approximate surface area is 361 Å². The predicted molar refractivity (Wildman–Crippen MR) is 239 cm³/mol. The van der Waals surface area contributed by atoms with Gasteiger partial charge in [0.2, 0.25) is 0 Å². The van der Waals surface area contributed by atoms with Crippen molar-refractivity contribution in [2.24, 2.45) is 0 Å². The van der Waals surface area contributed by atoms with Gasteiger partial charge < -0.3 is 9.94 Å². The normalized spacial score (nSPS) is 22.4. The number of hydroxylamine groups is 2. The molecule has 3 aliphatic rings. The van der Waals surface area contributed by atoms with E-state index in [9.17, 15) is 19.2 Å². The Kier molecular flexibility index (Phi) is 14.5. The standard InChI is InChI=1S/C28H33N2O4.C24H29NO2/c1-4-24-28(19-20(2)29(24)3,22-10-6-5-7-11-22)23-15-13-21(14-16-23)9-8-12-27(33)34-30-25(31)17-18-26(30)32;1-4-22-24(17-18(2)25(22)3,20-10-6-5-7-11-20)21-15-13-19(14-16-21)9-8-12-23(26)27/h5-7,10-11,13-16,20H,4,8-9,12,17-19H2,1-3H3;5-7,10-11,13-16,18H,4,8-9,12,17H2,1-3H3/q+1;/p+1. The summed E-state index contributed by atoms with van der Waals surface area (Å²) in [5.41, 5.74) is 10.4. The molecule has 61 heavy (non-hydrogen) atoms. The van der Waals surface area contributed by atoms with Crippen LogP contribution in [0.4, 0.5) is 0 Å². The Morgan fingerprint density at radius 1 is 0.623 bits per heavy atom. The molecule has 3 heterocycles. The van der Waals surface area contributed by atoms with Crippen molar-refractivity contribution in [3.05, 3.63) is 143 Å². The van der Waals surface area contributed by atoms with Gasteiger partial charge in [-0.2, -0.15) is 0 Å². The summed E-state index contributed by atoms with van der Waals surface area (Å²) in [6.45, 7) is 9.08. The summed E-state index contributed by atoms with van der Waals surface area (Å²) in [6, 6.07) is 40.2. The summed E-state index contributed by atoms with van der Waals surface area (Å²) in [4.78, 5) is 50.9. The number of benzene rings is 4. The minimum Gasteiger partial charge on any atom is -0.481 e. The second kappa shape index (κ2) is 19.8. The maximum Gasteiger partial charge on any atom is 0.333 e. The van der Waals surface area contributed by atoms with Gasteiger partial charge in [-0.25, -0.2) is 13.9 Å². The first-order chi connectivity index (χ1) is 29.3. The molecule has 7 rings (SSSR count). The molecule has 4 aromatic rings. The van der Waals surface area contributed by atoms with Gasteiger partial charge in [0, 0.05) is 51.4 Å². The molecule has 0 radical (unpaired) electrons. The fourth-order valence-electron chi connectivity index (χ4n) is 10.1. The van der Waals surface area contributed by atoms with Crippen LogP contribution in [0.1, 0.15) is 125 Å². The van der Waals surface area contributed by atoms with E-state index in [1.807, 2.05) is 0 Å². The van der Waals surface area contributed by atoms with Gasteiger partial charge in [-0.1, -0.05) is 123 Å². The summed E-state index contributed by atoms with van der Waals surface area (Å²) >= 11 is 0. The maximum absolute atomic E-state index is 12.1. The number of aliphatic carboxylic acids is 1. The zero-order valence-electron chi connectivity index (χ0n) is 36.9. The zero-order valence-corrected chi connectivity index (χ0v) is 36.9. The number of hydrogen-bond acceptors (Lipinski definition) is 5. The van der Waals surface area contributed by atoms with Crippen LogP contribution in [0, 0.1) is 0 Å². The van der Waals surface area contributed by atoms with E-state index in [0.717, 1.165) is 44.1 Å². The third kappa shape index (κ3) is 9.46. The van der Waals surface area contributed by atoms with E-state index >= 15 is 0 Å². The Morgan fingerprint density at radius 2 is 1.00 bits per heavy atom. The van der Waals surface area contributed by atoms with Crippen LogP contribution in [-0.4, -0.2) is 80.7 Å². The molecule has 1 N–H and O–H groups in total. The molecule has 320 valence electrons. The van der Waals surface area contributed by atoms with Crippen LogP contribution < -0.4 is 0 Å². The third-order valence-corrected chi connectivity index (χ3v) is 13.4. The minimum absolute atomic E-state index is 0.0796. The molecule has 0 bridgehead atoms. The van der Waals surface area contributed by atoms with Crippen molar-refractivity contribution in [2.75, 3.05) is 14.1 Å². The van der Waals surface area contributed by atoms with E-state index in [0.29, 0.717) is 30.0 Å². The van der Waals surface area contributed by atoms with Crippen molar-refractivity contribution in [3.63, 3.8) is 0 Å². The third-order valence-electron chi connectivity index (χ3n) is 13.4. The molecule has 2 amide bonds. The number of amides is 2. The van der Waals surface area contributed by atoms with E-state index in [1.54, 1.807) is 0 Å². The quantitative estimate of drug-likeness (QED) is 0.0949. The first-order valence-electron chi connectivity index (χ1n) is 22.1. The van der Waals surface area contributed by atoms with Crippen LogP contribution in [0.3, 0.4) is 0 Å². The lowest BCUT2D eigenvalue weighted by atomic mass is 9.68. The van der Waals surface area contributed by atoms with Gasteiger partial charge in [0.25, 0.3) is 11.8 Å². The highest BCUT2D eigenvalue weighted by Crippen LogP contribution is 2.45. The van der Waals surface area contributed by atoms with E-state index in [-0.39, 0.29) is 36.5 Å². The summed E-state index contributed by atoms with van der Waals surface area (Å²) in [6.07, 6.45) is 7.53. The molecule has 0 spiro atoms. The minimum atomic E-state index is -0.722. The smallest absolute Gasteiger partial charge is 0.333 e. The van der Waals surface area contributed by atoms with Crippen LogP contribution in [0.5, 0.6) is 0 Å². The van der Waals surface area contributed by atoms with Gasteiger partial charge in [0.05, 0.1) is 0 Å². The van der Waals surface area contributed by atoms with Gasteiger partial charge in [-0.3, -0.25) is 14.4 Å². The van der Waals surface area contributed by atoms with Crippen LogP contribution in [0.2, 0.25) is 0 Å². The summed E-state index contributed by atoms with van der Waals surface area (Å²) in [5, 5.41) is 9.45. The average Bonchev–Trinajstić information content (AvgIpc) is 3.84. The van der Waals surface area contributed by atoms with E-state index < -0.39 is 23.8 Å². The molecule has 9 heteroatoms. The number of carboxylic acid groups (broad SMARTS) is 1. The van der Waals surface area contributed by atoms with Gasteiger partial charge in [0.15, 0.2) is 23.5 Å². The molecule has 0 aromatic heterocycles. The number of carbonyl (C=O) groups excluding carboxylic acids is 3. The highest BCUT2D eigenvalue weighted by atomic mass is 16.7. The first kappa shape index (κ1) is 44.8. The van der Waals surface area contributed by atoms with E-state index in [1.165, 1.54) is 39.2 Å². The molecule has 0 saturated carbocycles. The number of hydrogen-bond donors (Lipinski definition) is 1. The van der Waals surface area contributed by atoms with E-state index in [2.05, 4.69) is 160 Å². The lowest BCUT2D eigenvalue weighted by Crippen LogP contribution is -2.35. The summed E-state index contributed by atoms with van der Waals surface area (Å²) in [5.74, 6) is -2.17. The highest BCUT2D eigenvalue weighted by molar-refractivity contribution is 6.01. The summed E-state index contributed by atoms with van der Waals surface area (Å²) < 4.78 is 4.89. The van der Waals surface area contributed by atoms with Crippen molar-refractivity contribution < 1.29 is 38.3 Å². The fraction of sp³-hybridized carbons (Fsp3) is 0.423. The molecule has 9 nitrogen and oxygen atoms in total. The monoisotopic (exact) mass is 825 g/mol. The second-order valence-corrected chi connectivity index (χ2v) is 17.0. The number of carbonyl (C=O) groups is 4. The largest absolute Gasteiger partial charge is 0.481 e. The van der Waals surface area contributed by atoms with Crippen LogP contribution in [0.25, 0.3) is 0 Å². The molecular formula is C52H63N3O6+2. The van der Waals surface area contributed by atoms with Gasteiger partial charge >= 0.3 is 11.9 Å². The number of rotatable bonds is 15. The molecule has 4 unspecified atom stereocenters. The number of imide groups is 1. The molecular weight excluding hydrogens is 763 g/mol. The lowest BCUT2D eigenvalue weighted by Gasteiger charge is -2.29. The molecule has 1 fully saturated rings. The topological polar surface area (TPSA) is 107 Å². The SMILES string of the molecule is CCC1=[N+](C)C(C)CC1(c1ccccc1)c1ccc(CCCC(=O)O)cc1.CCC1=[N+](C)C(C)CC1(c1ccccc1)c1ccc(CCCC(=O)ON2C(=O)CCC2=O)cc1. The molecule has 0 aliphatic carbocycles. The van der Waals surface area contributed by atoms with Crippen molar-refractivity contribution >= 4 is 35.2 Å². The number of nitrogens with zero attached hydrogens (tertiary/aromatic N) is 3. The average molecular weight is 826 g/mol. The molecule has 4 aromatic carbocycles. The Balaban J connectivity index is 0.000000210.